The topological polar surface area (TPSA) is 46.2 Å². The van der Waals surface area contributed by atoms with Crippen molar-refractivity contribution in [3.8, 4) is 0 Å². The van der Waals surface area contributed by atoms with Gasteiger partial charge in [-0.25, -0.2) is 4.39 Å². The molecule has 100 valence electrons. The van der Waals surface area contributed by atoms with E-state index >= 15 is 0 Å². The first-order valence-electron chi connectivity index (χ1n) is 5.63. The zero-order chi connectivity index (χ0) is 14.0. The van der Waals surface area contributed by atoms with Gasteiger partial charge in [0.1, 0.15) is 11.9 Å². The van der Waals surface area contributed by atoms with Crippen LogP contribution >= 0.6 is 23.2 Å². The summed E-state index contributed by atoms with van der Waals surface area (Å²) in [5.41, 5.74) is 6.68. The van der Waals surface area contributed by atoms with Gasteiger partial charge in [0.2, 0.25) is 0 Å². The van der Waals surface area contributed by atoms with Crippen LogP contribution in [0, 0.1) is 5.82 Å². The molecule has 0 saturated heterocycles. The van der Waals surface area contributed by atoms with Crippen LogP contribution in [-0.4, -0.2) is 5.11 Å². The second kappa shape index (κ2) is 5.88. The van der Waals surface area contributed by atoms with Gasteiger partial charge in [-0.15, -0.1) is 0 Å². The Morgan fingerprint density at radius 1 is 1.00 bits per heavy atom. The molecule has 2 rings (SSSR count). The third kappa shape index (κ3) is 3.25. The number of benzene rings is 2. The number of aliphatic hydroxyl groups is 1. The molecule has 2 atom stereocenters. The van der Waals surface area contributed by atoms with Gasteiger partial charge in [0.15, 0.2) is 0 Å². The fourth-order valence-corrected chi connectivity index (χ4v) is 2.11. The molecular weight excluding hydrogens is 288 g/mol. The Bertz CT molecular complexity index is 574. The van der Waals surface area contributed by atoms with Crippen molar-refractivity contribution in [3.63, 3.8) is 0 Å². The van der Waals surface area contributed by atoms with Crippen molar-refractivity contribution in [2.45, 2.75) is 12.1 Å². The summed E-state index contributed by atoms with van der Waals surface area (Å²) in [5.74, 6) is -0.540. The minimum absolute atomic E-state index is 0.0787. The Morgan fingerprint density at radius 2 is 1.58 bits per heavy atom. The summed E-state index contributed by atoms with van der Waals surface area (Å²) < 4.78 is 13.7. The van der Waals surface area contributed by atoms with Crippen LogP contribution in [0.3, 0.4) is 0 Å². The lowest BCUT2D eigenvalue weighted by Crippen LogP contribution is -2.20. The van der Waals surface area contributed by atoms with Crippen molar-refractivity contribution in [2.24, 2.45) is 5.73 Å². The van der Waals surface area contributed by atoms with Gasteiger partial charge in [-0.1, -0.05) is 35.3 Å². The standard InChI is InChI=1S/C14H12Cl2FNO/c15-9-3-1-8(2-4-9)13(18)14(19)11-7-10(16)5-6-12(11)17/h1-7,13-14,19H,18H2. The van der Waals surface area contributed by atoms with E-state index in [0.29, 0.717) is 15.6 Å². The molecule has 19 heavy (non-hydrogen) atoms. The van der Waals surface area contributed by atoms with Crippen LogP contribution in [0.15, 0.2) is 42.5 Å². The third-order valence-electron chi connectivity index (χ3n) is 2.87. The highest BCUT2D eigenvalue weighted by atomic mass is 35.5. The molecule has 5 heteroatoms. The lowest BCUT2D eigenvalue weighted by Gasteiger charge is -2.20. The van der Waals surface area contributed by atoms with Gasteiger partial charge in [-0.05, 0) is 35.9 Å². The second-order valence-electron chi connectivity index (χ2n) is 4.19. The van der Waals surface area contributed by atoms with Crippen LogP contribution < -0.4 is 5.73 Å². The van der Waals surface area contributed by atoms with Gasteiger partial charge in [0.25, 0.3) is 0 Å². The smallest absolute Gasteiger partial charge is 0.129 e. The molecule has 0 aliphatic rings. The van der Waals surface area contributed by atoms with Crippen LogP contribution in [0.4, 0.5) is 4.39 Å². The van der Waals surface area contributed by atoms with Crippen LogP contribution in [0.5, 0.6) is 0 Å². The number of rotatable bonds is 3. The Balaban J connectivity index is 2.30. The average molecular weight is 300 g/mol. The summed E-state index contributed by atoms with van der Waals surface area (Å²) in [4.78, 5) is 0. The normalized spacial score (nSPS) is 14.2. The fourth-order valence-electron chi connectivity index (χ4n) is 1.80. The third-order valence-corrected chi connectivity index (χ3v) is 3.36. The van der Waals surface area contributed by atoms with E-state index in [-0.39, 0.29) is 5.56 Å². The average Bonchev–Trinajstić information content (AvgIpc) is 2.41. The molecule has 0 bridgehead atoms. The highest BCUT2D eigenvalue weighted by molar-refractivity contribution is 6.30. The SMILES string of the molecule is NC(c1ccc(Cl)cc1)C(O)c1cc(Cl)ccc1F. The second-order valence-corrected chi connectivity index (χ2v) is 5.06. The quantitative estimate of drug-likeness (QED) is 0.904. The molecule has 3 N–H and O–H groups in total. The van der Waals surface area contributed by atoms with E-state index in [0.717, 1.165) is 0 Å². The highest BCUT2D eigenvalue weighted by Crippen LogP contribution is 2.30. The first-order chi connectivity index (χ1) is 8.99. The zero-order valence-electron chi connectivity index (χ0n) is 9.85. The lowest BCUT2D eigenvalue weighted by molar-refractivity contribution is 0.142. The summed E-state index contributed by atoms with van der Waals surface area (Å²) in [7, 11) is 0. The first kappa shape index (κ1) is 14.3. The van der Waals surface area contributed by atoms with Gasteiger partial charge in [0, 0.05) is 15.6 Å². The molecule has 0 saturated carbocycles. The highest BCUT2D eigenvalue weighted by Gasteiger charge is 2.22. The number of hydrogen-bond acceptors (Lipinski definition) is 2. The lowest BCUT2D eigenvalue weighted by atomic mass is 9.96. The minimum atomic E-state index is -1.18. The Hall–Kier alpha value is -1.13. The van der Waals surface area contributed by atoms with E-state index in [1.807, 2.05) is 0 Å². The largest absolute Gasteiger partial charge is 0.386 e. The molecule has 0 aliphatic carbocycles. The molecular formula is C14H12Cl2FNO. The van der Waals surface area contributed by atoms with Gasteiger partial charge < -0.3 is 10.8 Å². The van der Waals surface area contributed by atoms with Crippen molar-refractivity contribution in [1.82, 2.24) is 0 Å². The van der Waals surface area contributed by atoms with Crippen molar-refractivity contribution < 1.29 is 9.50 Å². The predicted molar refractivity (Wildman–Crippen MR) is 74.8 cm³/mol. The minimum Gasteiger partial charge on any atom is -0.386 e. The molecule has 0 heterocycles. The van der Waals surface area contributed by atoms with Crippen LogP contribution in [0.25, 0.3) is 0 Å². The van der Waals surface area contributed by atoms with Crippen molar-refractivity contribution >= 4 is 23.2 Å². The molecule has 2 aromatic rings. The molecule has 0 fully saturated rings. The fraction of sp³-hybridized carbons (Fsp3) is 0.143. The molecule has 0 spiro atoms. The zero-order valence-corrected chi connectivity index (χ0v) is 11.4. The van der Waals surface area contributed by atoms with Crippen LogP contribution in [-0.2, 0) is 0 Å². The number of nitrogens with two attached hydrogens (primary N) is 1. The molecule has 2 aromatic carbocycles. The first-order valence-corrected chi connectivity index (χ1v) is 6.38. The number of hydrogen-bond donors (Lipinski definition) is 2. The van der Waals surface area contributed by atoms with E-state index < -0.39 is 18.0 Å². The molecule has 0 aliphatic heterocycles. The van der Waals surface area contributed by atoms with E-state index in [4.69, 9.17) is 28.9 Å². The summed E-state index contributed by atoms with van der Waals surface area (Å²) in [5, 5.41) is 11.1. The van der Waals surface area contributed by atoms with E-state index in [1.165, 1.54) is 18.2 Å². The van der Waals surface area contributed by atoms with Crippen LogP contribution in [0.2, 0.25) is 10.0 Å². The van der Waals surface area contributed by atoms with E-state index in [2.05, 4.69) is 0 Å². The van der Waals surface area contributed by atoms with Crippen LogP contribution in [0.1, 0.15) is 23.3 Å². The Morgan fingerprint density at radius 3 is 2.21 bits per heavy atom. The van der Waals surface area contributed by atoms with Gasteiger partial charge >= 0.3 is 0 Å². The summed E-state index contributed by atoms with van der Waals surface area (Å²) in [6.07, 6.45) is -1.18. The molecule has 0 amide bonds. The maximum atomic E-state index is 13.7. The van der Waals surface area contributed by atoms with E-state index in [9.17, 15) is 9.50 Å². The van der Waals surface area contributed by atoms with Crippen molar-refractivity contribution in [1.29, 1.82) is 0 Å². The maximum absolute atomic E-state index is 13.7. The predicted octanol–water partition coefficient (Wildman–Crippen LogP) is 3.87. The number of halogens is 3. The Kier molecular flexibility index (Phi) is 4.42. The van der Waals surface area contributed by atoms with Crippen molar-refractivity contribution in [3.05, 3.63) is 69.5 Å². The molecule has 2 unspecified atom stereocenters. The van der Waals surface area contributed by atoms with Gasteiger partial charge in [0.05, 0.1) is 6.04 Å². The molecule has 2 nitrogen and oxygen atoms in total. The van der Waals surface area contributed by atoms with Gasteiger partial charge in [-0.3, -0.25) is 0 Å². The summed E-state index contributed by atoms with van der Waals surface area (Å²) >= 11 is 11.6. The Labute approximate surface area is 120 Å². The molecule has 0 aromatic heterocycles. The van der Waals surface area contributed by atoms with Gasteiger partial charge in [-0.2, -0.15) is 0 Å². The summed E-state index contributed by atoms with van der Waals surface area (Å²) in [6.45, 7) is 0. The maximum Gasteiger partial charge on any atom is 0.129 e. The number of aliphatic hydroxyl groups excluding tert-OH is 1. The molecule has 0 radical (unpaired) electrons. The summed E-state index contributed by atoms with van der Waals surface area (Å²) in [6, 6.07) is 9.95. The monoisotopic (exact) mass is 299 g/mol. The van der Waals surface area contributed by atoms with Crippen molar-refractivity contribution in [2.75, 3.05) is 0 Å². The van der Waals surface area contributed by atoms with E-state index in [1.54, 1.807) is 24.3 Å².